The predicted octanol–water partition coefficient (Wildman–Crippen LogP) is 2.27. The minimum atomic E-state index is -0.318. The largest absolute Gasteiger partial charge is 0.486 e. The quantitative estimate of drug-likeness (QED) is 0.850. The molecule has 2 heterocycles. The summed E-state index contributed by atoms with van der Waals surface area (Å²) in [4.78, 5) is 2.60. The molecule has 116 valence electrons. The molecule has 0 amide bonds. The molecule has 5 atom stereocenters. The van der Waals surface area contributed by atoms with Crippen molar-refractivity contribution in [2.75, 3.05) is 13.1 Å². The smallest absolute Gasteiger partial charge is 0.135 e. The molecule has 1 spiro atoms. The Morgan fingerprint density at radius 1 is 1.41 bits per heavy atom. The topological polar surface area (TPSA) is 32.7 Å². The van der Waals surface area contributed by atoms with Crippen molar-refractivity contribution in [3.8, 4) is 5.75 Å². The lowest BCUT2D eigenvalue weighted by atomic mass is 9.51. The van der Waals surface area contributed by atoms with E-state index in [0.717, 1.165) is 44.5 Å². The normalized spacial score (nSPS) is 41.7. The zero-order valence-corrected chi connectivity index (χ0v) is 12.9. The minimum absolute atomic E-state index is 0.0314. The summed E-state index contributed by atoms with van der Waals surface area (Å²) in [5.74, 6) is 1.66. The zero-order valence-electron chi connectivity index (χ0n) is 12.9. The van der Waals surface area contributed by atoms with Crippen molar-refractivity contribution in [1.82, 2.24) is 4.90 Å². The standard InChI is InChI=1S/C19H23NO2/c1-2-9-20-10-8-19-13-6-7-15(21)18(19)22-16-5-3-4-12(17(16)19)11-14(13)20/h2-5,13-15,18,21H,1,6-11H2. The molecule has 1 aromatic carbocycles. The van der Waals surface area contributed by atoms with E-state index in [1.54, 1.807) is 0 Å². The summed E-state index contributed by atoms with van der Waals surface area (Å²) in [7, 11) is 0. The Hall–Kier alpha value is -1.32. The highest BCUT2D eigenvalue weighted by atomic mass is 16.5. The molecule has 3 nitrogen and oxygen atoms in total. The van der Waals surface area contributed by atoms with Gasteiger partial charge in [-0.1, -0.05) is 18.2 Å². The second-order valence-electron chi connectivity index (χ2n) is 7.43. The average molecular weight is 297 g/mol. The molecular formula is C19H23NO2. The van der Waals surface area contributed by atoms with E-state index in [9.17, 15) is 5.11 Å². The van der Waals surface area contributed by atoms with Gasteiger partial charge in [0.1, 0.15) is 11.9 Å². The molecule has 2 bridgehead atoms. The van der Waals surface area contributed by atoms with Gasteiger partial charge in [0.05, 0.1) is 6.10 Å². The number of piperidine rings is 1. The maximum absolute atomic E-state index is 10.6. The van der Waals surface area contributed by atoms with Gasteiger partial charge in [-0.05, 0) is 49.8 Å². The van der Waals surface area contributed by atoms with Gasteiger partial charge in [0, 0.05) is 23.6 Å². The lowest BCUT2D eigenvalue weighted by Crippen LogP contribution is -2.66. The Balaban J connectivity index is 1.71. The van der Waals surface area contributed by atoms with Gasteiger partial charge < -0.3 is 9.84 Å². The summed E-state index contributed by atoms with van der Waals surface area (Å²) >= 11 is 0. The number of ether oxygens (including phenoxy) is 1. The van der Waals surface area contributed by atoms with Crippen LogP contribution in [0, 0.1) is 5.92 Å². The van der Waals surface area contributed by atoms with Crippen molar-refractivity contribution >= 4 is 0 Å². The third-order valence-corrected chi connectivity index (χ3v) is 6.66. The van der Waals surface area contributed by atoms with Gasteiger partial charge in [0.25, 0.3) is 0 Å². The van der Waals surface area contributed by atoms with Gasteiger partial charge in [-0.2, -0.15) is 0 Å². The molecule has 22 heavy (non-hydrogen) atoms. The summed E-state index contributed by atoms with van der Waals surface area (Å²) in [5.41, 5.74) is 2.95. The van der Waals surface area contributed by atoms with E-state index >= 15 is 0 Å². The predicted molar refractivity (Wildman–Crippen MR) is 85.1 cm³/mol. The van der Waals surface area contributed by atoms with Crippen molar-refractivity contribution < 1.29 is 9.84 Å². The third-order valence-electron chi connectivity index (χ3n) is 6.66. The van der Waals surface area contributed by atoms with Crippen LogP contribution >= 0.6 is 0 Å². The Morgan fingerprint density at radius 3 is 3.18 bits per heavy atom. The van der Waals surface area contributed by atoms with E-state index in [0.29, 0.717) is 12.0 Å². The van der Waals surface area contributed by atoms with E-state index in [2.05, 4.69) is 29.7 Å². The Morgan fingerprint density at radius 2 is 2.32 bits per heavy atom. The van der Waals surface area contributed by atoms with E-state index < -0.39 is 0 Å². The van der Waals surface area contributed by atoms with Crippen LogP contribution in [0.3, 0.4) is 0 Å². The molecule has 1 N–H and O–H groups in total. The van der Waals surface area contributed by atoms with Crippen LogP contribution in [0.5, 0.6) is 5.75 Å². The molecule has 1 saturated heterocycles. The molecule has 5 unspecified atom stereocenters. The van der Waals surface area contributed by atoms with Gasteiger partial charge >= 0.3 is 0 Å². The molecule has 5 rings (SSSR count). The van der Waals surface area contributed by atoms with E-state index in [4.69, 9.17) is 4.74 Å². The second kappa shape index (κ2) is 4.36. The number of rotatable bonds is 2. The lowest BCUT2D eigenvalue weighted by molar-refractivity contribution is -0.102. The lowest BCUT2D eigenvalue weighted by Gasteiger charge is -2.59. The number of likely N-dealkylation sites (tertiary alicyclic amines) is 1. The number of aliphatic hydroxyl groups is 1. The van der Waals surface area contributed by atoms with Gasteiger partial charge in [0.2, 0.25) is 0 Å². The van der Waals surface area contributed by atoms with Crippen molar-refractivity contribution in [2.45, 2.75) is 49.3 Å². The number of hydrogen-bond donors (Lipinski definition) is 1. The Bertz CT molecular complexity index is 642. The summed E-state index contributed by atoms with van der Waals surface area (Å²) in [6, 6.07) is 7.06. The van der Waals surface area contributed by atoms with Crippen LogP contribution in [-0.4, -0.2) is 41.3 Å². The summed E-state index contributed by atoms with van der Waals surface area (Å²) in [6.07, 6.45) is 5.90. The zero-order chi connectivity index (χ0) is 14.9. The van der Waals surface area contributed by atoms with E-state index in [-0.39, 0.29) is 17.6 Å². The van der Waals surface area contributed by atoms with Gasteiger partial charge in [-0.3, -0.25) is 4.90 Å². The summed E-state index contributed by atoms with van der Waals surface area (Å²) in [6.45, 7) is 6.00. The van der Waals surface area contributed by atoms with Crippen molar-refractivity contribution in [2.24, 2.45) is 5.92 Å². The fraction of sp³-hybridized carbons (Fsp3) is 0.579. The molecule has 0 aromatic heterocycles. The maximum Gasteiger partial charge on any atom is 0.135 e. The second-order valence-corrected chi connectivity index (χ2v) is 7.43. The highest BCUT2D eigenvalue weighted by molar-refractivity contribution is 5.55. The maximum atomic E-state index is 10.6. The first-order chi connectivity index (χ1) is 10.8. The van der Waals surface area contributed by atoms with Gasteiger partial charge in [0.15, 0.2) is 0 Å². The molecule has 2 aliphatic heterocycles. The van der Waals surface area contributed by atoms with Crippen molar-refractivity contribution in [3.63, 3.8) is 0 Å². The summed E-state index contributed by atoms with van der Waals surface area (Å²) < 4.78 is 6.30. The van der Waals surface area contributed by atoms with E-state index in [1.807, 2.05) is 6.08 Å². The molecule has 0 radical (unpaired) electrons. The highest BCUT2D eigenvalue weighted by Gasteiger charge is 2.64. The first-order valence-corrected chi connectivity index (χ1v) is 8.58. The van der Waals surface area contributed by atoms with Crippen LogP contribution in [0.1, 0.15) is 30.4 Å². The Kier molecular flexibility index (Phi) is 2.61. The molecule has 4 aliphatic rings. The molecule has 2 aliphatic carbocycles. The number of benzene rings is 1. The average Bonchev–Trinajstić information content (AvgIpc) is 2.86. The van der Waals surface area contributed by atoms with Crippen LogP contribution in [0.25, 0.3) is 0 Å². The third kappa shape index (κ3) is 1.40. The van der Waals surface area contributed by atoms with Crippen LogP contribution < -0.4 is 4.74 Å². The van der Waals surface area contributed by atoms with Crippen LogP contribution in [0.4, 0.5) is 0 Å². The van der Waals surface area contributed by atoms with Crippen LogP contribution in [-0.2, 0) is 11.8 Å². The van der Waals surface area contributed by atoms with Crippen LogP contribution in [0.15, 0.2) is 30.9 Å². The molecular weight excluding hydrogens is 274 g/mol. The number of hydrogen-bond acceptors (Lipinski definition) is 3. The molecule has 1 saturated carbocycles. The highest BCUT2D eigenvalue weighted by Crippen LogP contribution is 2.62. The minimum Gasteiger partial charge on any atom is -0.486 e. The summed E-state index contributed by atoms with van der Waals surface area (Å²) in [5, 5.41) is 10.6. The first-order valence-electron chi connectivity index (χ1n) is 8.58. The van der Waals surface area contributed by atoms with Gasteiger partial charge in [-0.25, -0.2) is 0 Å². The van der Waals surface area contributed by atoms with E-state index in [1.165, 1.54) is 11.1 Å². The van der Waals surface area contributed by atoms with Crippen molar-refractivity contribution in [1.29, 1.82) is 0 Å². The van der Waals surface area contributed by atoms with Crippen molar-refractivity contribution in [3.05, 3.63) is 42.0 Å². The fourth-order valence-electron chi connectivity index (χ4n) is 5.96. The van der Waals surface area contributed by atoms with Gasteiger partial charge in [-0.15, -0.1) is 6.58 Å². The Labute approximate surface area is 131 Å². The van der Waals surface area contributed by atoms with Crippen LogP contribution in [0.2, 0.25) is 0 Å². The number of nitrogens with zero attached hydrogens (tertiary/aromatic N) is 1. The first kappa shape index (κ1) is 13.1. The molecule has 3 heteroatoms. The monoisotopic (exact) mass is 297 g/mol. The molecule has 1 aromatic rings. The fourth-order valence-corrected chi connectivity index (χ4v) is 5.96. The number of aliphatic hydroxyl groups excluding tert-OH is 1. The SMILES string of the molecule is C=CCN1CCC23c4c5cccc4OC2C(O)CCC3C1C5. The molecule has 2 fully saturated rings.